The summed E-state index contributed by atoms with van der Waals surface area (Å²) in [6.45, 7) is 2.34. The maximum absolute atomic E-state index is 10.9. The summed E-state index contributed by atoms with van der Waals surface area (Å²) in [5.41, 5.74) is 12.7. The van der Waals surface area contributed by atoms with E-state index in [4.69, 9.17) is 11.5 Å². The van der Waals surface area contributed by atoms with E-state index < -0.39 is 6.16 Å². The predicted octanol–water partition coefficient (Wildman–Crippen LogP) is 0.939. The molecule has 4 N–H and O–H groups in total. The second kappa shape index (κ2) is 6.49. The van der Waals surface area contributed by atoms with Gasteiger partial charge >= 0.3 is 6.16 Å². The lowest BCUT2D eigenvalue weighted by molar-refractivity contribution is 0.0613. The summed E-state index contributed by atoms with van der Waals surface area (Å²) in [7, 11) is 0. The van der Waals surface area contributed by atoms with Crippen LogP contribution >= 0.6 is 0 Å². The van der Waals surface area contributed by atoms with Gasteiger partial charge in [-0.15, -0.1) is 0 Å². The number of ether oxygens (including phenoxy) is 1. The first kappa shape index (κ1) is 13.0. The van der Waals surface area contributed by atoms with Gasteiger partial charge in [-0.3, -0.25) is 4.84 Å². The first-order valence-electron chi connectivity index (χ1n) is 5.14. The second-order valence-corrected chi connectivity index (χ2v) is 3.15. The molecular formula is C11H15N3O3. The summed E-state index contributed by atoms with van der Waals surface area (Å²) in [6, 6.07) is 7.13. The summed E-state index contributed by atoms with van der Waals surface area (Å²) in [4.78, 5) is 15.3. The molecule has 1 aromatic rings. The Hall–Kier alpha value is -2.08. The summed E-state index contributed by atoms with van der Waals surface area (Å²) < 4.78 is 4.52. The minimum absolute atomic E-state index is 0.0987. The number of nitrogens with zero attached hydrogens (tertiary/aromatic N) is 1. The number of rotatable bonds is 4. The van der Waals surface area contributed by atoms with Gasteiger partial charge in [-0.25, -0.2) is 4.79 Å². The monoisotopic (exact) mass is 237 g/mol. The zero-order valence-corrected chi connectivity index (χ0v) is 9.55. The van der Waals surface area contributed by atoms with Crippen LogP contribution in [0.1, 0.15) is 18.1 Å². The SMILES string of the molecule is CCOC(=O)ON=C(N)c1ccc(CN)cc1. The number of hydrogen-bond donors (Lipinski definition) is 2. The van der Waals surface area contributed by atoms with Crippen molar-refractivity contribution >= 4 is 12.0 Å². The minimum atomic E-state index is -0.881. The first-order chi connectivity index (χ1) is 8.17. The molecule has 1 aromatic carbocycles. The van der Waals surface area contributed by atoms with Gasteiger partial charge in [-0.1, -0.05) is 29.4 Å². The van der Waals surface area contributed by atoms with Crippen LogP contribution in [0.5, 0.6) is 0 Å². The van der Waals surface area contributed by atoms with E-state index >= 15 is 0 Å². The summed E-state index contributed by atoms with van der Waals surface area (Å²) in [5.74, 6) is 0.0987. The third kappa shape index (κ3) is 4.12. The van der Waals surface area contributed by atoms with Gasteiger partial charge in [-0.05, 0) is 12.5 Å². The molecule has 0 bridgehead atoms. The van der Waals surface area contributed by atoms with Crippen molar-refractivity contribution in [3.63, 3.8) is 0 Å². The van der Waals surface area contributed by atoms with Crippen LogP contribution in [0.25, 0.3) is 0 Å². The number of carbonyl (C=O) groups excluding carboxylic acids is 1. The average molecular weight is 237 g/mol. The van der Waals surface area contributed by atoms with E-state index in [1.165, 1.54) is 0 Å². The molecule has 0 aliphatic carbocycles. The topological polar surface area (TPSA) is 99.9 Å². The Balaban J connectivity index is 2.64. The van der Waals surface area contributed by atoms with Crippen LogP contribution < -0.4 is 11.5 Å². The van der Waals surface area contributed by atoms with E-state index in [0.29, 0.717) is 12.1 Å². The fraction of sp³-hybridized carbons (Fsp3) is 0.273. The third-order valence-corrected chi connectivity index (χ3v) is 1.97. The second-order valence-electron chi connectivity index (χ2n) is 3.15. The molecule has 0 radical (unpaired) electrons. The number of benzene rings is 1. The van der Waals surface area contributed by atoms with Crippen molar-refractivity contribution in [2.75, 3.05) is 6.61 Å². The summed E-state index contributed by atoms with van der Waals surface area (Å²) >= 11 is 0. The largest absolute Gasteiger partial charge is 0.535 e. The van der Waals surface area contributed by atoms with Gasteiger partial charge in [-0.2, -0.15) is 0 Å². The quantitative estimate of drug-likeness (QED) is 0.267. The Morgan fingerprint density at radius 3 is 2.53 bits per heavy atom. The molecule has 6 nitrogen and oxygen atoms in total. The van der Waals surface area contributed by atoms with Gasteiger partial charge in [0.15, 0.2) is 5.84 Å². The molecule has 0 spiro atoms. The van der Waals surface area contributed by atoms with Crippen LogP contribution in [0, 0.1) is 0 Å². The predicted molar refractivity (Wildman–Crippen MR) is 63.2 cm³/mol. The average Bonchev–Trinajstić information content (AvgIpc) is 2.36. The van der Waals surface area contributed by atoms with Crippen LogP contribution in [0.2, 0.25) is 0 Å². The van der Waals surface area contributed by atoms with Gasteiger partial charge in [0.25, 0.3) is 0 Å². The Morgan fingerprint density at radius 2 is 2.00 bits per heavy atom. The van der Waals surface area contributed by atoms with Gasteiger partial charge in [0.2, 0.25) is 0 Å². The molecule has 0 saturated carbocycles. The zero-order valence-electron chi connectivity index (χ0n) is 9.55. The molecule has 92 valence electrons. The molecule has 0 heterocycles. The Kier molecular flexibility index (Phi) is 4.96. The highest BCUT2D eigenvalue weighted by Crippen LogP contribution is 2.03. The molecular weight excluding hydrogens is 222 g/mol. The third-order valence-electron chi connectivity index (χ3n) is 1.97. The smallest absolute Gasteiger partial charge is 0.433 e. The first-order valence-corrected chi connectivity index (χ1v) is 5.14. The molecule has 0 atom stereocenters. The van der Waals surface area contributed by atoms with Crippen molar-refractivity contribution in [3.05, 3.63) is 35.4 Å². The molecule has 6 heteroatoms. The van der Waals surface area contributed by atoms with Crippen LogP contribution in [0.4, 0.5) is 4.79 Å². The number of amidine groups is 1. The fourth-order valence-corrected chi connectivity index (χ4v) is 1.09. The van der Waals surface area contributed by atoms with Crippen molar-refractivity contribution in [3.8, 4) is 0 Å². The lowest BCUT2D eigenvalue weighted by Crippen LogP contribution is -2.15. The Morgan fingerprint density at radius 1 is 1.35 bits per heavy atom. The van der Waals surface area contributed by atoms with Gasteiger partial charge in [0, 0.05) is 12.1 Å². The minimum Gasteiger partial charge on any atom is -0.433 e. The van der Waals surface area contributed by atoms with E-state index in [0.717, 1.165) is 5.56 Å². The van der Waals surface area contributed by atoms with Crippen molar-refractivity contribution in [1.82, 2.24) is 0 Å². The highest BCUT2D eigenvalue weighted by Gasteiger charge is 2.03. The van der Waals surface area contributed by atoms with Gasteiger partial charge in [0.1, 0.15) is 0 Å². The number of hydrogen-bond acceptors (Lipinski definition) is 5. The van der Waals surface area contributed by atoms with Crippen LogP contribution in [-0.4, -0.2) is 18.6 Å². The van der Waals surface area contributed by atoms with Crippen LogP contribution in [0.15, 0.2) is 29.4 Å². The number of nitrogens with two attached hydrogens (primary N) is 2. The molecule has 0 aliphatic rings. The van der Waals surface area contributed by atoms with Gasteiger partial charge < -0.3 is 16.2 Å². The zero-order chi connectivity index (χ0) is 12.7. The molecule has 0 unspecified atom stereocenters. The lowest BCUT2D eigenvalue weighted by atomic mass is 10.1. The number of oxime groups is 1. The van der Waals surface area contributed by atoms with Crippen LogP contribution in [-0.2, 0) is 16.1 Å². The summed E-state index contributed by atoms with van der Waals surface area (Å²) in [5, 5.41) is 3.46. The normalized spacial score (nSPS) is 11.1. The van der Waals surface area contributed by atoms with E-state index in [2.05, 4.69) is 14.7 Å². The van der Waals surface area contributed by atoms with E-state index in [-0.39, 0.29) is 12.4 Å². The number of carbonyl (C=O) groups is 1. The van der Waals surface area contributed by atoms with Crippen molar-refractivity contribution in [1.29, 1.82) is 0 Å². The summed E-state index contributed by atoms with van der Waals surface area (Å²) in [6.07, 6.45) is -0.881. The molecule has 0 saturated heterocycles. The van der Waals surface area contributed by atoms with E-state index in [1.54, 1.807) is 19.1 Å². The maximum Gasteiger partial charge on any atom is 0.535 e. The Bertz CT molecular complexity index is 401. The van der Waals surface area contributed by atoms with E-state index in [9.17, 15) is 4.79 Å². The van der Waals surface area contributed by atoms with Crippen molar-refractivity contribution in [2.24, 2.45) is 16.6 Å². The van der Waals surface area contributed by atoms with Crippen LogP contribution in [0.3, 0.4) is 0 Å². The molecule has 0 aromatic heterocycles. The van der Waals surface area contributed by atoms with Crippen molar-refractivity contribution < 1.29 is 14.4 Å². The molecule has 0 fully saturated rings. The molecule has 0 amide bonds. The van der Waals surface area contributed by atoms with E-state index in [1.807, 2.05) is 12.1 Å². The lowest BCUT2D eigenvalue weighted by Gasteiger charge is -2.02. The highest BCUT2D eigenvalue weighted by molar-refractivity contribution is 5.97. The standard InChI is InChI=1S/C11H15N3O3/c1-2-16-11(15)17-14-10(13)9-5-3-8(7-12)4-6-9/h3-6H,2,7,12H2,1H3,(H2,13,14). The highest BCUT2D eigenvalue weighted by atomic mass is 16.8. The fourth-order valence-electron chi connectivity index (χ4n) is 1.09. The van der Waals surface area contributed by atoms with Crippen molar-refractivity contribution in [2.45, 2.75) is 13.5 Å². The molecule has 17 heavy (non-hydrogen) atoms. The Labute approximate surface area is 99.2 Å². The van der Waals surface area contributed by atoms with Gasteiger partial charge in [0.05, 0.1) is 6.61 Å². The maximum atomic E-state index is 10.9. The molecule has 0 aliphatic heterocycles. The molecule has 1 rings (SSSR count).